The van der Waals surface area contributed by atoms with Crippen LogP contribution in [0.15, 0.2) is 42.5 Å². The number of ketones is 2. The Morgan fingerprint density at radius 3 is 2.32 bits per heavy atom. The van der Waals surface area contributed by atoms with Gasteiger partial charge in [0.2, 0.25) is 0 Å². The highest BCUT2D eigenvalue weighted by Gasteiger charge is 2.15. The van der Waals surface area contributed by atoms with Gasteiger partial charge in [-0.15, -0.1) is 0 Å². The smallest absolute Gasteiger partial charge is 0.160 e. The molecule has 0 saturated carbocycles. The molecule has 2 aromatic rings. The monoisotopic (exact) mass is 386 g/mol. The van der Waals surface area contributed by atoms with Gasteiger partial charge in [-0.1, -0.05) is 18.2 Å². The Labute approximate surface area is 164 Å². The van der Waals surface area contributed by atoms with Gasteiger partial charge in [0.05, 0.1) is 13.2 Å². The molecule has 2 rings (SSSR count). The summed E-state index contributed by atoms with van der Waals surface area (Å²) in [5.41, 5.74) is 1.47. The highest BCUT2D eigenvalue weighted by molar-refractivity contribution is 5.81. The Bertz CT molecular complexity index is 797. The van der Waals surface area contributed by atoms with E-state index in [4.69, 9.17) is 4.74 Å². The van der Waals surface area contributed by atoms with Crippen LogP contribution in [0.5, 0.6) is 17.2 Å². The lowest BCUT2D eigenvalue weighted by Crippen LogP contribution is -2.08. The van der Waals surface area contributed by atoms with Crippen molar-refractivity contribution < 1.29 is 29.6 Å². The molecule has 6 nitrogen and oxygen atoms in total. The van der Waals surface area contributed by atoms with E-state index in [0.29, 0.717) is 31.2 Å². The predicted octanol–water partition coefficient (Wildman–Crippen LogP) is 3.47. The van der Waals surface area contributed by atoms with Gasteiger partial charge in [-0.05, 0) is 48.2 Å². The number of phenolic OH excluding ortho intramolecular Hbond substituents is 2. The molecular weight excluding hydrogens is 360 g/mol. The third-order valence-corrected chi connectivity index (χ3v) is 4.55. The molecule has 150 valence electrons. The first-order valence-electron chi connectivity index (χ1n) is 9.25. The van der Waals surface area contributed by atoms with Crippen molar-refractivity contribution in [3.8, 4) is 17.2 Å². The van der Waals surface area contributed by atoms with Crippen LogP contribution in [0.25, 0.3) is 0 Å². The molecule has 0 bridgehead atoms. The first-order chi connectivity index (χ1) is 13.4. The van der Waals surface area contributed by atoms with Crippen LogP contribution < -0.4 is 4.74 Å². The number of benzene rings is 2. The fraction of sp³-hybridized carbons (Fsp3) is 0.364. The van der Waals surface area contributed by atoms with Gasteiger partial charge >= 0.3 is 0 Å². The number of aryl methyl sites for hydroxylation is 1. The summed E-state index contributed by atoms with van der Waals surface area (Å²) in [6.45, 7) is 0. The van der Waals surface area contributed by atoms with Crippen molar-refractivity contribution in [1.29, 1.82) is 0 Å². The van der Waals surface area contributed by atoms with Crippen LogP contribution in [0.4, 0.5) is 0 Å². The molecule has 1 atom stereocenters. The third-order valence-electron chi connectivity index (χ3n) is 4.55. The summed E-state index contributed by atoms with van der Waals surface area (Å²) in [6.07, 6.45) is 0.995. The Balaban J connectivity index is 1.70. The molecule has 0 radical (unpaired) electrons. The van der Waals surface area contributed by atoms with Gasteiger partial charge in [-0.3, -0.25) is 9.59 Å². The fourth-order valence-electron chi connectivity index (χ4n) is 2.89. The zero-order valence-corrected chi connectivity index (χ0v) is 15.9. The Kier molecular flexibility index (Phi) is 8.02. The van der Waals surface area contributed by atoms with Crippen molar-refractivity contribution in [3.63, 3.8) is 0 Å². The molecule has 0 aromatic heterocycles. The predicted molar refractivity (Wildman–Crippen MR) is 105 cm³/mol. The Morgan fingerprint density at radius 2 is 1.64 bits per heavy atom. The molecule has 28 heavy (non-hydrogen) atoms. The maximum absolute atomic E-state index is 12.1. The largest absolute Gasteiger partial charge is 0.508 e. The number of carbonyl (C=O) groups excluding carboxylic acids is 2. The summed E-state index contributed by atoms with van der Waals surface area (Å²) in [5.74, 6) is 0.371. The average Bonchev–Trinajstić information content (AvgIpc) is 2.67. The third kappa shape index (κ3) is 6.70. The fourth-order valence-corrected chi connectivity index (χ4v) is 2.89. The minimum atomic E-state index is -0.979. The van der Waals surface area contributed by atoms with Crippen molar-refractivity contribution in [2.45, 2.75) is 44.6 Å². The van der Waals surface area contributed by atoms with Crippen LogP contribution in [0.2, 0.25) is 0 Å². The second kappa shape index (κ2) is 10.5. The lowest BCUT2D eigenvalue weighted by atomic mass is 9.99. The van der Waals surface area contributed by atoms with E-state index in [1.54, 1.807) is 30.3 Å². The van der Waals surface area contributed by atoms with Crippen molar-refractivity contribution in [2.24, 2.45) is 0 Å². The molecule has 0 amide bonds. The van der Waals surface area contributed by atoms with Crippen LogP contribution in [-0.2, 0) is 16.0 Å². The topological polar surface area (TPSA) is 104 Å². The van der Waals surface area contributed by atoms with Gasteiger partial charge in [-0.25, -0.2) is 0 Å². The number of Topliss-reactive ketones (excluding diaryl/α,β-unsaturated/α-hetero) is 2. The van der Waals surface area contributed by atoms with E-state index in [1.807, 2.05) is 0 Å². The van der Waals surface area contributed by atoms with E-state index in [9.17, 15) is 24.9 Å². The van der Waals surface area contributed by atoms with E-state index in [-0.39, 0.29) is 41.7 Å². The zero-order chi connectivity index (χ0) is 20.5. The number of phenols is 2. The lowest BCUT2D eigenvalue weighted by molar-refractivity contribution is -0.121. The number of ether oxygens (including phenoxy) is 1. The first-order valence-corrected chi connectivity index (χ1v) is 9.25. The van der Waals surface area contributed by atoms with Crippen LogP contribution >= 0.6 is 0 Å². The van der Waals surface area contributed by atoms with E-state index >= 15 is 0 Å². The highest BCUT2D eigenvalue weighted by Crippen LogP contribution is 2.30. The normalized spacial score (nSPS) is 11.8. The standard InChI is InChI=1S/C22H26O6/c1-28-22-13-16(8-12-20(22)26)21(27)14-19(25)4-2-3-17(23)9-5-15-6-10-18(24)11-7-15/h6-8,10-13,21,24,26-27H,2-5,9,14H2,1H3/t21-/m1/s1. The molecular formula is C22H26O6. The second-order valence-electron chi connectivity index (χ2n) is 6.75. The van der Waals surface area contributed by atoms with Gasteiger partial charge in [0, 0.05) is 25.7 Å². The average molecular weight is 386 g/mol. The number of hydrogen-bond acceptors (Lipinski definition) is 6. The SMILES string of the molecule is COc1cc([C@H](O)CC(=O)CCCC(=O)CCc2ccc(O)cc2)ccc1O. The van der Waals surface area contributed by atoms with Crippen LogP contribution in [0.3, 0.4) is 0 Å². The van der Waals surface area contributed by atoms with Crippen molar-refractivity contribution in [2.75, 3.05) is 7.11 Å². The van der Waals surface area contributed by atoms with Gasteiger partial charge in [0.1, 0.15) is 17.3 Å². The first kappa shape index (κ1) is 21.4. The summed E-state index contributed by atoms with van der Waals surface area (Å²) in [7, 11) is 1.41. The maximum atomic E-state index is 12.1. The van der Waals surface area contributed by atoms with Crippen LogP contribution in [0, 0.1) is 0 Å². The van der Waals surface area contributed by atoms with E-state index in [0.717, 1.165) is 5.56 Å². The molecule has 6 heteroatoms. The molecule has 0 aliphatic heterocycles. The zero-order valence-electron chi connectivity index (χ0n) is 15.9. The number of hydrogen-bond donors (Lipinski definition) is 3. The van der Waals surface area contributed by atoms with Crippen molar-refractivity contribution >= 4 is 11.6 Å². The Hall–Kier alpha value is -2.86. The molecule has 0 spiro atoms. The number of methoxy groups -OCH3 is 1. The van der Waals surface area contributed by atoms with Gasteiger partial charge in [0.15, 0.2) is 11.5 Å². The molecule has 0 aliphatic rings. The number of aliphatic hydroxyl groups is 1. The number of aromatic hydroxyl groups is 2. The van der Waals surface area contributed by atoms with E-state index < -0.39 is 6.10 Å². The van der Waals surface area contributed by atoms with E-state index in [2.05, 4.69) is 0 Å². The summed E-state index contributed by atoms with van der Waals surface area (Å²) in [6, 6.07) is 11.2. The number of rotatable bonds is 11. The highest BCUT2D eigenvalue weighted by atomic mass is 16.5. The maximum Gasteiger partial charge on any atom is 0.160 e. The van der Waals surface area contributed by atoms with Gasteiger partial charge in [-0.2, -0.15) is 0 Å². The lowest BCUT2D eigenvalue weighted by Gasteiger charge is -2.12. The number of aliphatic hydroxyl groups excluding tert-OH is 1. The van der Waals surface area contributed by atoms with Gasteiger partial charge in [0.25, 0.3) is 0 Å². The molecule has 0 saturated heterocycles. The van der Waals surface area contributed by atoms with Crippen LogP contribution in [-0.4, -0.2) is 34.0 Å². The molecule has 0 unspecified atom stereocenters. The van der Waals surface area contributed by atoms with E-state index in [1.165, 1.54) is 19.2 Å². The molecule has 2 aromatic carbocycles. The number of carbonyl (C=O) groups is 2. The molecule has 0 heterocycles. The summed E-state index contributed by atoms with van der Waals surface area (Å²) in [4.78, 5) is 24.0. The summed E-state index contributed by atoms with van der Waals surface area (Å²) in [5, 5.41) is 29.0. The van der Waals surface area contributed by atoms with Crippen molar-refractivity contribution in [1.82, 2.24) is 0 Å². The minimum Gasteiger partial charge on any atom is -0.508 e. The molecule has 3 N–H and O–H groups in total. The Morgan fingerprint density at radius 1 is 0.964 bits per heavy atom. The second-order valence-corrected chi connectivity index (χ2v) is 6.75. The quantitative estimate of drug-likeness (QED) is 0.546. The van der Waals surface area contributed by atoms with Crippen molar-refractivity contribution in [3.05, 3.63) is 53.6 Å². The van der Waals surface area contributed by atoms with Gasteiger partial charge < -0.3 is 20.1 Å². The molecule has 0 fully saturated rings. The summed E-state index contributed by atoms with van der Waals surface area (Å²) >= 11 is 0. The van der Waals surface area contributed by atoms with Crippen LogP contribution in [0.1, 0.15) is 49.3 Å². The molecule has 0 aliphatic carbocycles. The minimum absolute atomic E-state index is 0.0319. The summed E-state index contributed by atoms with van der Waals surface area (Å²) < 4.78 is 5.00.